The Balaban J connectivity index is 1.30. The van der Waals surface area contributed by atoms with Gasteiger partial charge in [0.15, 0.2) is 0 Å². The molecule has 0 saturated heterocycles. The average Bonchev–Trinajstić information content (AvgIpc) is 3.01. The number of halogens is 1. The highest BCUT2D eigenvalue weighted by molar-refractivity contribution is 5.85. The van der Waals surface area contributed by atoms with E-state index in [1.54, 1.807) is 0 Å². The summed E-state index contributed by atoms with van der Waals surface area (Å²) >= 11 is 0. The zero-order valence-electron chi connectivity index (χ0n) is 25.3. The van der Waals surface area contributed by atoms with Gasteiger partial charge in [0.1, 0.15) is 5.82 Å². The average molecular weight is 547 g/mol. The van der Waals surface area contributed by atoms with E-state index in [0.29, 0.717) is 11.8 Å². The Morgan fingerprint density at radius 3 is 1.61 bits per heavy atom. The first-order valence-electron chi connectivity index (χ1n) is 16.1. The lowest BCUT2D eigenvalue weighted by atomic mass is 9.98. The molecule has 0 aliphatic carbocycles. The topological polar surface area (TPSA) is 0 Å². The summed E-state index contributed by atoms with van der Waals surface area (Å²) in [5.74, 6) is 6.45. The summed E-state index contributed by atoms with van der Waals surface area (Å²) in [4.78, 5) is 0. The second-order valence-electron chi connectivity index (χ2n) is 11.6. The molecule has 0 fully saturated rings. The Morgan fingerprint density at radius 1 is 0.488 bits per heavy atom. The van der Waals surface area contributed by atoms with Gasteiger partial charge in [-0.25, -0.2) is 4.39 Å². The van der Waals surface area contributed by atoms with Gasteiger partial charge in [-0.1, -0.05) is 132 Å². The summed E-state index contributed by atoms with van der Waals surface area (Å²) in [7, 11) is 0. The number of rotatable bonds is 15. The lowest BCUT2D eigenvalue weighted by Gasteiger charge is -2.08. The molecule has 41 heavy (non-hydrogen) atoms. The fourth-order valence-electron chi connectivity index (χ4n) is 5.52. The molecule has 0 amide bonds. The van der Waals surface area contributed by atoms with Crippen molar-refractivity contribution in [2.24, 2.45) is 0 Å². The van der Waals surface area contributed by atoms with Crippen molar-refractivity contribution in [3.63, 3.8) is 0 Å². The molecule has 0 aromatic heterocycles. The maximum Gasteiger partial charge on any atom is 0.134 e. The van der Waals surface area contributed by atoms with Crippen molar-refractivity contribution in [2.75, 3.05) is 0 Å². The highest BCUT2D eigenvalue weighted by atomic mass is 19.1. The molecule has 0 aliphatic heterocycles. The second kappa shape index (κ2) is 16.8. The van der Waals surface area contributed by atoms with Crippen LogP contribution >= 0.6 is 0 Å². The number of fused-ring (bicyclic) bond motifs is 1. The highest BCUT2D eigenvalue weighted by Crippen LogP contribution is 2.24. The minimum absolute atomic E-state index is 0.101. The smallest absolute Gasteiger partial charge is 0.134 e. The largest absolute Gasteiger partial charge is 0.206 e. The van der Waals surface area contributed by atoms with Crippen molar-refractivity contribution in [1.82, 2.24) is 0 Å². The summed E-state index contributed by atoms with van der Waals surface area (Å²) in [6.45, 7) is 4.51. The van der Waals surface area contributed by atoms with E-state index in [2.05, 4.69) is 74.2 Å². The maximum absolute atomic E-state index is 15.4. The Labute approximate surface area is 248 Å². The summed E-state index contributed by atoms with van der Waals surface area (Å²) in [5, 5.41) is 1.58. The Morgan fingerprint density at radius 2 is 1.00 bits per heavy atom. The molecule has 0 N–H and O–H groups in total. The van der Waals surface area contributed by atoms with Crippen LogP contribution in [0.5, 0.6) is 0 Å². The number of benzene rings is 4. The summed E-state index contributed by atoms with van der Waals surface area (Å²) < 4.78 is 15.4. The van der Waals surface area contributed by atoms with Crippen molar-refractivity contribution in [3.8, 4) is 11.8 Å². The van der Waals surface area contributed by atoms with E-state index in [0.717, 1.165) is 41.3 Å². The fraction of sp³-hybridized carbons (Fsp3) is 0.400. The van der Waals surface area contributed by atoms with Crippen LogP contribution in [0.3, 0.4) is 0 Å². The molecular formula is C40H47F. The quantitative estimate of drug-likeness (QED) is 0.103. The van der Waals surface area contributed by atoms with E-state index in [-0.39, 0.29) is 5.82 Å². The first kappa shape index (κ1) is 30.6. The molecule has 0 heterocycles. The van der Waals surface area contributed by atoms with E-state index >= 15 is 4.39 Å². The van der Waals surface area contributed by atoms with Crippen molar-refractivity contribution in [2.45, 2.75) is 104 Å². The lowest BCUT2D eigenvalue weighted by molar-refractivity contribution is 0.620. The second-order valence-corrected chi connectivity index (χ2v) is 11.6. The third-order valence-corrected chi connectivity index (χ3v) is 8.18. The van der Waals surface area contributed by atoms with Gasteiger partial charge in [0.2, 0.25) is 0 Å². The van der Waals surface area contributed by atoms with E-state index in [9.17, 15) is 0 Å². The third-order valence-electron chi connectivity index (χ3n) is 8.18. The lowest BCUT2D eigenvalue weighted by Crippen LogP contribution is -1.96. The Kier molecular flexibility index (Phi) is 12.5. The van der Waals surface area contributed by atoms with Gasteiger partial charge in [0, 0.05) is 16.5 Å². The standard InChI is InChI=1S/C40H47F/c1-3-5-7-9-11-13-32-15-19-34(20-16-32)23-24-36-26-30-39-38(31-36)29-28-37(40(39)41)27-25-35-21-17-33(18-22-35)14-12-10-8-6-4-2/h15-22,26,28-31H,3-14,25,27H2,1-2H3. The van der Waals surface area contributed by atoms with Gasteiger partial charge >= 0.3 is 0 Å². The van der Waals surface area contributed by atoms with Crippen molar-refractivity contribution in [1.29, 1.82) is 0 Å². The van der Waals surface area contributed by atoms with Crippen LogP contribution in [-0.2, 0) is 25.7 Å². The SMILES string of the molecule is CCCCCCCc1ccc(C#Cc2ccc3c(F)c(CCc4ccc(CCCCCCC)cc4)ccc3c2)cc1. The number of unbranched alkanes of at least 4 members (excludes halogenated alkanes) is 8. The van der Waals surface area contributed by atoms with Crippen LogP contribution in [0.25, 0.3) is 10.8 Å². The molecule has 0 aliphatic rings. The van der Waals surface area contributed by atoms with Crippen LogP contribution in [0.4, 0.5) is 4.39 Å². The molecule has 214 valence electrons. The minimum atomic E-state index is -0.101. The molecule has 0 spiro atoms. The first-order valence-corrected chi connectivity index (χ1v) is 16.1. The van der Waals surface area contributed by atoms with Crippen LogP contribution in [0, 0.1) is 17.7 Å². The van der Waals surface area contributed by atoms with Crippen LogP contribution < -0.4 is 0 Å². The molecule has 0 unspecified atom stereocenters. The molecule has 1 heteroatoms. The number of hydrogen-bond acceptors (Lipinski definition) is 0. The molecular weight excluding hydrogens is 499 g/mol. The zero-order chi connectivity index (χ0) is 28.7. The van der Waals surface area contributed by atoms with Crippen LogP contribution in [0.1, 0.15) is 111 Å². The fourth-order valence-corrected chi connectivity index (χ4v) is 5.52. The minimum Gasteiger partial charge on any atom is -0.206 e. The van der Waals surface area contributed by atoms with Gasteiger partial charge in [-0.15, -0.1) is 0 Å². The van der Waals surface area contributed by atoms with Crippen LogP contribution in [0.15, 0.2) is 78.9 Å². The van der Waals surface area contributed by atoms with Gasteiger partial charge in [-0.05, 0) is 90.4 Å². The molecule has 0 bridgehead atoms. The first-order chi connectivity index (χ1) is 20.2. The van der Waals surface area contributed by atoms with Crippen LogP contribution in [-0.4, -0.2) is 0 Å². The normalized spacial score (nSPS) is 11.0. The van der Waals surface area contributed by atoms with Crippen molar-refractivity contribution >= 4 is 10.8 Å². The molecule has 4 aromatic rings. The molecule has 0 nitrogen and oxygen atoms in total. The van der Waals surface area contributed by atoms with E-state index in [1.165, 1.54) is 80.9 Å². The molecule has 4 aromatic carbocycles. The van der Waals surface area contributed by atoms with Crippen molar-refractivity contribution in [3.05, 3.63) is 118 Å². The Hall–Kier alpha value is -3.37. The monoisotopic (exact) mass is 546 g/mol. The third kappa shape index (κ3) is 9.89. The van der Waals surface area contributed by atoms with E-state index in [4.69, 9.17) is 0 Å². The predicted octanol–water partition coefficient (Wildman–Crippen LogP) is 11.2. The summed E-state index contributed by atoms with van der Waals surface area (Å²) in [6, 6.07) is 27.4. The van der Waals surface area contributed by atoms with Crippen molar-refractivity contribution < 1.29 is 4.39 Å². The summed E-state index contributed by atoms with van der Waals surface area (Å²) in [6.07, 6.45) is 16.9. The highest BCUT2D eigenvalue weighted by Gasteiger charge is 2.08. The van der Waals surface area contributed by atoms with Gasteiger partial charge < -0.3 is 0 Å². The van der Waals surface area contributed by atoms with E-state index < -0.39 is 0 Å². The predicted molar refractivity (Wildman–Crippen MR) is 175 cm³/mol. The molecule has 4 rings (SSSR count). The number of aryl methyl sites for hydroxylation is 4. The molecule has 0 atom stereocenters. The summed E-state index contributed by atoms with van der Waals surface area (Å²) in [5.41, 5.74) is 6.77. The number of hydrogen-bond donors (Lipinski definition) is 0. The molecule has 0 saturated carbocycles. The van der Waals surface area contributed by atoms with Gasteiger partial charge in [0.05, 0.1) is 0 Å². The van der Waals surface area contributed by atoms with Gasteiger partial charge in [-0.3, -0.25) is 0 Å². The zero-order valence-corrected chi connectivity index (χ0v) is 25.3. The van der Waals surface area contributed by atoms with Crippen LogP contribution in [0.2, 0.25) is 0 Å². The maximum atomic E-state index is 15.4. The molecule has 0 radical (unpaired) electrons. The Bertz CT molecular complexity index is 1400. The van der Waals surface area contributed by atoms with E-state index in [1.807, 2.05) is 30.3 Å². The van der Waals surface area contributed by atoms with Gasteiger partial charge in [0.25, 0.3) is 0 Å². The van der Waals surface area contributed by atoms with Gasteiger partial charge in [-0.2, -0.15) is 0 Å².